The van der Waals surface area contributed by atoms with Gasteiger partial charge in [-0.1, -0.05) is 55.4 Å². The van der Waals surface area contributed by atoms with Gasteiger partial charge in [-0.15, -0.1) is 0 Å². The number of ether oxygens (including phenoxy) is 1. The van der Waals surface area contributed by atoms with Gasteiger partial charge >= 0.3 is 17.1 Å². The molecule has 2 rings (SSSR count). The molecule has 0 aromatic carbocycles. The molecule has 2 aliphatic heterocycles. The lowest BCUT2D eigenvalue weighted by Gasteiger charge is -2.51. The third kappa shape index (κ3) is 3.59. The summed E-state index contributed by atoms with van der Waals surface area (Å²) in [7, 11) is 0.390. The molecule has 1 N–H and O–H groups in total. The molecule has 6 nitrogen and oxygen atoms in total. The summed E-state index contributed by atoms with van der Waals surface area (Å²) in [6.45, 7) is 17.1. The van der Waals surface area contributed by atoms with Crippen LogP contribution in [-0.2, 0) is 17.7 Å². The van der Waals surface area contributed by atoms with E-state index >= 15 is 0 Å². The Kier molecular flexibility index (Phi) is 6.75. The largest absolute Gasteiger partial charge is 0.414 e. The summed E-state index contributed by atoms with van der Waals surface area (Å²) in [5.41, 5.74) is -1.29. The van der Waals surface area contributed by atoms with E-state index < -0.39 is 40.9 Å². The average Bonchev–Trinajstić information content (AvgIpc) is 2.78. The van der Waals surface area contributed by atoms with Crippen LogP contribution < -0.4 is 0 Å². The zero-order chi connectivity index (χ0) is 20.8. The van der Waals surface area contributed by atoms with Crippen LogP contribution in [0.3, 0.4) is 0 Å². The first-order valence-electron chi connectivity index (χ1n) is 9.94. The standard InChI is InChI=1S/C18H34BNO5Si2/c1-11(2)26(12(3)4)22-9-15-16(18(21,10-20)17(19)23-15)24-27(25-26,13(5)6)14(7)8/h11-17,21H,9H2,1-8H3/t15-,16+,17-,18?/m1/s1. The van der Waals surface area contributed by atoms with Crippen molar-refractivity contribution in [1.29, 1.82) is 5.26 Å². The molecule has 0 spiro atoms. The van der Waals surface area contributed by atoms with Crippen LogP contribution in [0.1, 0.15) is 55.4 Å². The van der Waals surface area contributed by atoms with E-state index in [0.29, 0.717) is 0 Å². The molecule has 152 valence electrons. The molecule has 27 heavy (non-hydrogen) atoms. The molecule has 2 saturated heterocycles. The Morgan fingerprint density at radius 3 is 1.89 bits per heavy atom. The molecule has 0 aromatic heterocycles. The number of hydrogen-bond donors (Lipinski definition) is 1. The minimum atomic E-state index is -2.91. The van der Waals surface area contributed by atoms with Crippen molar-refractivity contribution in [2.45, 2.75) is 101 Å². The molecule has 0 amide bonds. The molecule has 2 radical (unpaired) electrons. The molecule has 0 saturated carbocycles. The first-order valence-corrected chi connectivity index (χ1v) is 13.9. The first-order chi connectivity index (χ1) is 12.4. The topological polar surface area (TPSA) is 80.9 Å². The molecule has 4 atom stereocenters. The highest BCUT2D eigenvalue weighted by Gasteiger charge is 2.64. The second kappa shape index (κ2) is 7.90. The molecule has 2 fully saturated rings. The van der Waals surface area contributed by atoms with Gasteiger partial charge in [-0.2, -0.15) is 5.26 Å². The van der Waals surface area contributed by atoms with Crippen molar-refractivity contribution in [2.75, 3.05) is 6.61 Å². The normalized spacial score (nSPS) is 35.9. The monoisotopic (exact) mass is 411 g/mol. The second-order valence-electron chi connectivity index (χ2n) is 9.05. The predicted octanol–water partition coefficient (Wildman–Crippen LogP) is 3.09. The quantitative estimate of drug-likeness (QED) is 0.566. The summed E-state index contributed by atoms with van der Waals surface area (Å²) in [5.74, 6) is 0. The fourth-order valence-electron chi connectivity index (χ4n) is 4.35. The molecular weight excluding hydrogens is 377 g/mol. The van der Waals surface area contributed by atoms with Crippen molar-refractivity contribution in [3.8, 4) is 6.07 Å². The Labute approximate surface area is 167 Å². The smallest absolute Gasteiger partial charge is 0.335 e. The van der Waals surface area contributed by atoms with Crippen LogP contribution >= 0.6 is 0 Å². The van der Waals surface area contributed by atoms with Gasteiger partial charge < -0.3 is 22.8 Å². The van der Waals surface area contributed by atoms with Gasteiger partial charge in [0.05, 0.1) is 12.6 Å². The lowest BCUT2D eigenvalue weighted by Crippen LogP contribution is -2.67. The third-order valence-electron chi connectivity index (χ3n) is 6.03. The van der Waals surface area contributed by atoms with E-state index in [0.717, 1.165) is 0 Å². The van der Waals surface area contributed by atoms with Gasteiger partial charge in [0.2, 0.25) is 0 Å². The molecule has 2 heterocycles. The number of nitriles is 1. The Balaban J connectivity index is 2.62. The maximum atomic E-state index is 10.9. The predicted molar refractivity (Wildman–Crippen MR) is 109 cm³/mol. The zero-order valence-corrected chi connectivity index (χ0v) is 19.9. The van der Waals surface area contributed by atoms with Crippen LogP contribution in [0.4, 0.5) is 0 Å². The Hall–Kier alpha value is -0.211. The van der Waals surface area contributed by atoms with E-state index in [4.69, 9.17) is 25.6 Å². The van der Waals surface area contributed by atoms with Crippen molar-refractivity contribution in [1.82, 2.24) is 0 Å². The minimum absolute atomic E-state index is 0.101. The Morgan fingerprint density at radius 2 is 1.48 bits per heavy atom. The number of nitrogens with zero attached hydrogens (tertiary/aromatic N) is 1. The molecular formula is C18H34BNO5Si2. The third-order valence-corrected chi connectivity index (χ3v) is 16.3. The van der Waals surface area contributed by atoms with Crippen LogP contribution in [0.25, 0.3) is 0 Å². The van der Waals surface area contributed by atoms with E-state index in [1.165, 1.54) is 0 Å². The van der Waals surface area contributed by atoms with Gasteiger partial charge in [0.25, 0.3) is 0 Å². The van der Waals surface area contributed by atoms with E-state index in [1.54, 1.807) is 0 Å². The molecule has 0 bridgehead atoms. The zero-order valence-electron chi connectivity index (χ0n) is 17.9. The first kappa shape index (κ1) is 23.1. The van der Waals surface area contributed by atoms with Crippen LogP contribution in [0.15, 0.2) is 0 Å². The highest BCUT2D eigenvalue weighted by molar-refractivity contribution is 6.84. The van der Waals surface area contributed by atoms with Crippen molar-refractivity contribution >= 4 is 25.0 Å². The summed E-state index contributed by atoms with van der Waals surface area (Å²) in [6, 6.07) is 0.783. The average molecular weight is 411 g/mol. The van der Waals surface area contributed by atoms with Crippen LogP contribution in [0.2, 0.25) is 22.2 Å². The Bertz CT molecular complexity index is 567. The van der Waals surface area contributed by atoms with Crippen molar-refractivity contribution in [3.63, 3.8) is 0 Å². The maximum absolute atomic E-state index is 10.9. The highest BCUT2D eigenvalue weighted by atomic mass is 28.5. The minimum Gasteiger partial charge on any atom is -0.414 e. The van der Waals surface area contributed by atoms with Crippen molar-refractivity contribution in [3.05, 3.63) is 0 Å². The Morgan fingerprint density at radius 1 is 1.00 bits per heavy atom. The van der Waals surface area contributed by atoms with E-state index in [2.05, 4.69) is 55.4 Å². The number of rotatable bonds is 4. The number of hydrogen-bond acceptors (Lipinski definition) is 6. The van der Waals surface area contributed by atoms with Gasteiger partial charge in [-0.05, 0) is 22.2 Å². The molecule has 9 heteroatoms. The summed E-state index contributed by atoms with van der Waals surface area (Å²) in [5, 5.41) is 20.5. The van der Waals surface area contributed by atoms with Crippen molar-refractivity contribution in [2.24, 2.45) is 0 Å². The van der Waals surface area contributed by atoms with Crippen molar-refractivity contribution < 1.29 is 22.8 Å². The van der Waals surface area contributed by atoms with E-state index in [9.17, 15) is 10.4 Å². The highest BCUT2D eigenvalue weighted by Crippen LogP contribution is 2.48. The number of fused-ring (bicyclic) bond motifs is 1. The van der Waals surface area contributed by atoms with Gasteiger partial charge in [-0.25, -0.2) is 0 Å². The van der Waals surface area contributed by atoms with Gasteiger partial charge in [0, 0.05) is 0 Å². The lowest BCUT2D eigenvalue weighted by atomic mass is 9.81. The summed E-state index contributed by atoms with van der Waals surface area (Å²) in [4.78, 5) is 0. The van der Waals surface area contributed by atoms with Gasteiger partial charge in [0.1, 0.15) is 26.1 Å². The van der Waals surface area contributed by atoms with Gasteiger partial charge in [-0.3, -0.25) is 0 Å². The van der Waals surface area contributed by atoms with Gasteiger partial charge in [0.15, 0.2) is 5.60 Å². The number of aliphatic hydroxyl groups is 1. The second-order valence-corrected chi connectivity index (χ2v) is 17.9. The molecule has 0 aliphatic carbocycles. The van der Waals surface area contributed by atoms with E-state index in [1.807, 2.05) is 6.07 Å². The summed E-state index contributed by atoms with van der Waals surface area (Å²) in [6.07, 6.45) is -1.48. The summed E-state index contributed by atoms with van der Waals surface area (Å²) >= 11 is 0. The SMILES string of the molecule is [B][C@@H]1O[C@@H]2CO[Si](C(C)C)(C(C)C)O[Si](C(C)C)(C(C)C)O[C@@H]2C1(O)C#N. The fourth-order valence-corrected chi connectivity index (χ4v) is 15.6. The van der Waals surface area contributed by atoms with Crippen LogP contribution in [0, 0.1) is 11.3 Å². The van der Waals surface area contributed by atoms with Crippen LogP contribution in [0.5, 0.6) is 0 Å². The maximum Gasteiger partial charge on any atom is 0.335 e. The van der Waals surface area contributed by atoms with Crippen LogP contribution in [-0.4, -0.2) is 60.5 Å². The van der Waals surface area contributed by atoms with E-state index in [-0.39, 0.29) is 28.8 Å². The molecule has 2 aliphatic rings. The molecule has 0 aromatic rings. The molecule has 1 unspecified atom stereocenters. The fraction of sp³-hybridized carbons (Fsp3) is 0.944. The lowest BCUT2D eigenvalue weighted by molar-refractivity contribution is -0.0443. The summed E-state index contributed by atoms with van der Waals surface area (Å²) < 4.78 is 25.9.